The van der Waals surface area contributed by atoms with Crippen molar-refractivity contribution >= 4 is 23.7 Å². The van der Waals surface area contributed by atoms with Gasteiger partial charge in [0.25, 0.3) is 0 Å². The van der Waals surface area contributed by atoms with Crippen LogP contribution in [0.4, 0.5) is 21.1 Å². The SMILES string of the molecule is CCOC(=O)N1CCN(c2ccc(NC(=O)OC(C)(C)C)cn2)CC1. The maximum absolute atomic E-state index is 11.7. The molecule has 1 aliphatic heterocycles. The molecule has 1 N–H and O–H groups in total. The highest BCUT2D eigenvalue weighted by Gasteiger charge is 2.22. The Balaban J connectivity index is 1.86. The summed E-state index contributed by atoms with van der Waals surface area (Å²) in [7, 11) is 0. The molecule has 0 saturated carbocycles. The number of aromatic nitrogens is 1. The molecule has 1 aromatic heterocycles. The number of hydrogen-bond donors (Lipinski definition) is 1. The van der Waals surface area contributed by atoms with E-state index < -0.39 is 11.7 Å². The van der Waals surface area contributed by atoms with Crippen LogP contribution in [0, 0.1) is 0 Å². The van der Waals surface area contributed by atoms with Gasteiger partial charge in [0.2, 0.25) is 0 Å². The molecule has 1 fully saturated rings. The molecule has 0 unspecified atom stereocenters. The standard InChI is InChI=1S/C17H26N4O4/c1-5-24-16(23)21-10-8-20(9-11-21)14-7-6-13(12-18-14)19-15(22)25-17(2,3)4/h6-7,12H,5,8-11H2,1-4H3,(H,19,22). The van der Waals surface area contributed by atoms with Gasteiger partial charge in [-0.2, -0.15) is 0 Å². The Morgan fingerprint density at radius 2 is 1.88 bits per heavy atom. The smallest absolute Gasteiger partial charge is 0.412 e. The predicted octanol–water partition coefficient (Wildman–Crippen LogP) is 2.71. The van der Waals surface area contributed by atoms with E-state index >= 15 is 0 Å². The van der Waals surface area contributed by atoms with Crippen molar-refractivity contribution in [3.8, 4) is 0 Å². The van der Waals surface area contributed by atoms with Crippen LogP contribution in [0.25, 0.3) is 0 Å². The summed E-state index contributed by atoms with van der Waals surface area (Å²) in [5, 5.41) is 2.65. The number of ether oxygens (including phenoxy) is 2. The summed E-state index contributed by atoms with van der Waals surface area (Å²) in [6, 6.07) is 3.62. The van der Waals surface area contributed by atoms with Crippen LogP contribution in [0.1, 0.15) is 27.7 Å². The van der Waals surface area contributed by atoms with Gasteiger partial charge in [-0.05, 0) is 39.8 Å². The Morgan fingerprint density at radius 1 is 1.20 bits per heavy atom. The van der Waals surface area contributed by atoms with Crippen LogP contribution in [0.2, 0.25) is 0 Å². The minimum Gasteiger partial charge on any atom is -0.450 e. The molecule has 8 heteroatoms. The fraction of sp³-hybridized carbons (Fsp3) is 0.588. The predicted molar refractivity (Wildman–Crippen MR) is 94.9 cm³/mol. The molecule has 2 amide bonds. The van der Waals surface area contributed by atoms with E-state index in [4.69, 9.17) is 9.47 Å². The molecule has 1 aromatic rings. The first-order valence-corrected chi connectivity index (χ1v) is 8.41. The molecule has 0 atom stereocenters. The van der Waals surface area contributed by atoms with Crippen LogP contribution in [0.3, 0.4) is 0 Å². The van der Waals surface area contributed by atoms with E-state index in [1.165, 1.54) is 0 Å². The zero-order chi connectivity index (χ0) is 18.4. The number of pyridine rings is 1. The van der Waals surface area contributed by atoms with Crippen LogP contribution < -0.4 is 10.2 Å². The van der Waals surface area contributed by atoms with E-state index in [-0.39, 0.29) is 6.09 Å². The van der Waals surface area contributed by atoms with Crippen LogP contribution in [0.15, 0.2) is 18.3 Å². The van der Waals surface area contributed by atoms with Gasteiger partial charge >= 0.3 is 12.2 Å². The van der Waals surface area contributed by atoms with Gasteiger partial charge in [-0.3, -0.25) is 5.32 Å². The van der Waals surface area contributed by atoms with E-state index in [9.17, 15) is 9.59 Å². The summed E-state index contributed by atoms with van der Waals surface area (Å²) < 4.78 is 10.2. The first-order chi connectivity index (χ1) is 11.8. The number of carbonyl (C=O) groups excluding carboxylic acids is 2. The maximum Gasteiger partial charge on any atom is 0.412 e. The van der Waals surface area contributed by atoms with Crippen LogP contribution in [-0.4, -0.2) is 60.5 Å². The summed E-state index contributed by atoms with van der Waals surface area (Å²) in [6.45, 7) is 10.2. The largest absolute Gasteiger partial charge is 0.450 e. The van der Waals surface area contributed by atoms with E-state index in [0.29, 0.717) is 38.5 Å². The third kappa shape index (κ3) is 5.81. The van der Waals surface area contributed by atoms with Crippen LogP contribution in [-0.2, 0) is 9.47 Å². The van der Waals surface area contributed by atoms with Gasteiger partial charge in [0.15, 0.2) is 0 Å². The zero-order valence-electron chi connectivity index (χ0n) is 15.2. The zero-order valence-corrected chi connectivity index (χ0v) is 15.2. The van der Waals surface area contributed by atoms with Crippen molar-refractivity contribution < 1.29 is 19.1 Å². The van der Waals surface area contributed by atoms with E-state index in [0.717, 1.165) is 5.82 Å². The molecule has 0 radical (unpaired) electrons. The Bertz CT molecular complexity index is 590. The molecule has 8 nitrogen and oxygen atoms in total. The lowest BCUT2D eigenvalue weighted by atomic mass is 10.2. The van der Waals surface area contributed by atoms with Crippen molar-refractivity contribution in [3.63, 3.8) is 0 Å². The number of anilines is 2. The minimum atomic E-state index is -0.546. The molecule has 0 spiro atoms. The Hall–Kier alpha value is -2.51. The lowest BCUT2D eigenvalue weighted by molar-refractivity contribution is 0.0635. The lowest BCUT2D eigenvalue weighted by Gasteiger charge is -2.34. The minimum absolute atomic E-state index is 0.271. The molecule has 138 valence electrons. The Labute approximate surface area is 148 Å². The van der Waals surface area contributed by atoms with Gasteiger partial charge in [0, 0.05) is 26.2 Å². The topological polar surface area (TPSA) is 84.0 Å². The van der Waals surface area contributed by atoms with Gasteiger partial charge in [0.05, 0.1) is 18.5 Å². The lowest BCUT2D eigenvalue weighted by Crippen LogP contribution is -2.49. The van der Waals surface area contributed by atoms with E-state index in [1.54, 1.807) is 24.1 Å². The second-order valence-corrected chi connectivity index (χ2v) is 6.70. The average Bonchev–Trinajstić information content (AvgIpc) is 2.54. The summed E-state index contributed by atoms with van der Waals surface area (Å²) in [5.41, 5.74) is 0.0268. The van der Waals surface area contributed by atoms with Crippen molar-refractivity contribution in [2.45, 2.75) is 33.3 Å². The molecule has 1 saturated heterocycles. The van der Waals surface area contributed by atoms with Crippen LogP contribution >= 0.6 is 0 Å². The number of nitrogens with zero attached hydrogens (tertiary/aromatic N) is 3. The number of rotatable bonds is 3. The highest BCUT2D eigenvalue weighted by molar-refractivity contribution is 5.84. The summed E-state index contributed by atoms with van der Waals surface area (Å²) in [5.74, 6) is 0.804. The quantitative estimate of drug-likeness (QED) is 0.902. The van der Waals surface area contributed by atoms with Crippen molar-refractivity contribution in [1.29, 1.82) is 0 Å². The molecule has 0 bridgehead atoms. The number of piperazine rings is 1. The number of nitrogens with one attached hydrogen (secondary N) is 1. The molecular formula is C17H26N4O4. The van der Waals surface area contributed by atoms with Crippen molar-refractivity contribution in [1.82, 2.24) is 9.88 Å². The first-order valence-electron chi connectivity index (χ1n) is 8.41. The highest BCUT2D eigenvalue weighted by atomic mass is 16.6. The molecule has 2 heterocycles. The van der Waals surface area contributed by atoms with Gasteiger partial charge < -0.3 is 19.3 Å². The van der Waals surface area contributed by atoms with Gasteiger partial charge in [-0.15, -0.1) is 0 Å². The summed E-state index contributed by atoms with van der Waals surface area (Å²) in [6.07, 6.45) is 0.814. The summed E-state index contributed by atoms with van der Waals surface area (Å²) >= 11 is 0. The maximum atomic E-state index is 11.7. The van der Waals surface area contributed by atoms with Crippen molar-refractivity contribution in [3.05, 3.63) is 18.3 Å². The van der Waals surface area contributed by atoms with Gasteiger partial charge in [-0.1, -0.05) is 0 Å². The van der Waals surface area contributed by atoms with E-state index in [1.807, 2.05) is 26.8 Å². The third-order valence-electron chi connectivity index (χ3n) is 3.52. The second-order valence-electron chi connectivity index (χ2n) is 6.70. The average molecular weight is 350 g/mol. The molecule has 25 heavy (non-hydrogen) atoms. The molecule has 2 rings (SSSR count). The molecule has 0 aromatic carbocycles. The fourth-order valence-electron chi connectivity index (χ4n) is 2.40. The van der Waals surface area contributed by atoms with E-state index in [2.05, 4.69) is 15.2 Å². The Morgan fingerprint density at radius 3 is 2.40 bits per heavy atom. The van der Waals surface area contributed by atoms with Gasteiger partial charge in [-0.25, -0.2) is 14.6 Å². The normalized spacial score (nSPS) is 14.9. The van der Waals surface area contributed by atoms with Crippen molar-refractivity contribution in [2.75, 3.05) is 43.0 Å². The molecular weight excluding hydrogens is 324 g/mol. The van der Waals surface area contributed by atoms with Gasteiger partial charge in [0.1, 0.15) is 11.4 Å². The molecule has 1 aliphatic rings. The fourth-order valence-corrected chi connectivity index (χ4v) is 2.40. The number of amides is 2. The number of carbonyl (C=O) groups is 2. The summed E-state index contributed by atoms with van der Waals surface area (Å²) in [4.78, 5) is 31.6. The number of hydrogen-bond acceptors (Lipinski definition) is 6. The van der Waals surface area contributed by atoms with Crippen LogP contribution in [0.5, 0.6) is 0 Å². The first kappa shape index (κ1) is 18.8. The third-order valence-corrected chi connectivity index (χ3v) is 3.52. The van der Waals surface area contributed by atoms with Crippen molar-refractivity contribution in [2.24, 2.45) is 0 Å². The Kier molecular flexibility index (Phi) is 6.06. The second kappa shape index (κ2) is 8.04. The monoisotopic (exact) mass is 350 g/mol. The molecule has 0 aliphatic carbocycles. The highest BCUT2D eigenvalue weighted by Crippen LogP contribution is 2.17.